The molecule has 0 radical (unpaired) electrons. The number of nitrogens with two attached hydrogens (primary N) is 1. The minimum absolute atomic E-state index is 0.127. The third-order valence-corrected chi connectivity index (χ3v) is 3.19. The summed E-state index contributed by atoms with van der Waals surface area (Å²) in [5.74, 6) is -3.55. The van der Waals surface area contributed by atoms with Gasteiger partial charge >= 0.3 is 0 Å². The number of hydrogen-bond donors (Lipinski definition) is 1. The molecule has 7 heteroatoms. The van der Waals surface area contributed by atoms with Gasteiger partial charge in [-0.15, -0.1) is 0 Å². The summed E-state index contributed by atoms with van der Waals surface area (Å²) < 4.78 is 61.0. The largest absolute Gasteiger partial charge is 0.324 e. The fourth-order valence-electron chi connectivity index (χ4n) is 1.39. The van der Waals surface area contributed by atoms with Gasteiger partial charge in [0.1, 0.15) is 27.3 Å². The quantitative estimate of drug-likeness (QED) is 0.900. The third-order valence-electron chi connectivity index (χ3n) is 2.21. The Kier molecular flexibility index (Phi) is 4.16. The minimum Gasteiger partial charge on any atom is -0.324 e. The maximum absolute atomic E-state index is 13.3. The Labute approximate surface area is 97.4 Å². The van der Waals surface area contributed by atoms with Crippen molar-refractivity contribution in [2.24, 2.45) is 5.73 Å². The fraction of sp³-hybridized carbons (Fsp3) is 0.400. The Morgan fingerprint density at radius 1 is 1.24 bits per heavy atom. The van der Waals surface area contributed by atoms with Gasteiger partial charge in [0, 0.05) is 30.0 Å². The maximum Gasteiger partial charge on any atom is 0.147 e. The zero-order valence-corrected chi connectivity index (χ0v) is 9.90. The van der Waals surface area contributed by atoms with Crippen LogP contribution in [0.25, 0.3) is 0 Å². The Morgan fingerprint density at radius 2 is 1.71 bits per heavy atom. The lowest BCUT2D eigenvalue weighted by Crippen LogP contribution is -2.18. The predicted molar refractivity (Wildman–Crippen MR) is 57.6 cm³/mol. The van der Waals surface area contributed by atoms with Gasteiger partial charge in [0.25, 0.3) is 0 Å². The van der Waals surface area contributed by atoms with Gasteiger partial charge < -0.3 is 5.73 Å². The summed E-state index contributed by atoms with van der Waals surface area (Å²) in [6, 6.07) is -0.0948. The molecule has 0 heterocycles. The SMILES string of the molecule is CS(=O)(=O)CCC(N)c1c(F)cc(F)cc1F. The van der Waals surface area contributed by atoms with Gasteiger partial charge in [0.05, 0.1) is 5.75 Å². The van der Waals surface area contributed by atoms with E-state index in [1.807, 2.05) is 0 Å². The van der Waals surface area contributed by atoms with Crippen molar-refractivity contribution in [3.63, 3.8) is 0 Å². The predicted octanol–water partition coefficient (Wildman–Crippen LogP) is 1.54. The van der Waals surface area contributed by atoms with Crippen molar-refractivity contribution in [1.82, 2.24) is 0 Å². The summed E-state index contributed by atoms with van der Waals surface area (Å²) >= 11 is 0. The molecular weight excluding hydrogens is 255 g/mol. The van der Waals surface area contributed by atoms with Crippen LogP contribution >= 0.6 is 0 Å². The van der Waals surface area contributed by atoms with Crippen LogP contribution in [0, 0.1) is 17.5 Å². The number of hydrogen-bond acceptors (Lipinski definition) is 3. The molecule has 2 N–H and O–H groups in total. The van der Waals surface area contributed by atoms with E-state index in [-0.39, 0.29) is 12.2 Å². The summed E-state index contributed by atoms with van der Waals surface area (Å²) in [4.78, 5) is 0. The van der Waals surface area contributed by atoms with Crippen LogP contribution in [0.2, 0.25) is 0 Å². The Morgan fingerprint density at radius 3 is 2.12 bits per heavy atom. The molecule has 0 amide bonds. The summed E-state index contributed by atoms with van der Waals surface area (Å²) in [6.45, 7) is 0. The average molecular weight is 267 g/mol. The van der Waals surface area contributed by atoms with Gasteiger partial charge in [-0.05, 0) is 6.42 Å². The van der Waals surface area contributed by atoms with Crippen molar-refractivity contribution >= 4 is 9.84 Å². The van der Waals surface area contributed by atoms with Crippen LogP contribution < -0.4 is 5.73 Å². The molecule has 0 aliphatic rings. The zero-order chi connectivity index (χ0) is 13.2. The van der Waals surface area contributed by atoms with Gasteiger partial charge in [0.2, 0.25) is 0 Å². The molecule has 0 saturated carbocycles. The molecular formula is C10H12F3NO2S. The van der Waals surface area contributed by atoms with Crippen LogP contribution in [0.4, 0.5) is 13.2 Å². The van der Waals surface area contributed by atoms with Crippen LogP contribution in [0.1, 0.15) is 18.0 Å². The summed E-state index contributed by atoms with van der Waals surface area (Å²) in [6.07, 6.45) is 0.870. The zero-order valence-electron chi connectivity index (χ0n) is 9.08. The average Bonchev–Trinajstić information content (AvgIpc) is 2.11. The van der Waals surface area contributed by atoms with E-state index in [1.165, 1.54) is 0 Å². The van der Waals surface area contributed by atoms with Crippen molar-refractivity contribution in [2.75, 3.05) is 12.0 Å². The van der Waals surface area contributed by atoms with E-state index in [4.69, 9.17) is 5.73 Å². The van der Waals surface area contributed by atoms with Crippen LogP contribution in [0.3, 0.4) is 0 Å². The van der Waals surface area contributed by atoms with Crippen LogP contribution in [-0.2, 0) is 9.84 Å². The first kappa shape index (κ1) is 14.0. The molecule has 96 valence electrons. The molecule has 0 saturated heterocycles. The first-order valence-corrected chi connectivity index (χ1v) is 6.84. The van der Waals surface area contributed by atoms with Crippen molar-refractivity contribution in [3.05, 3.63) is 35.1 Å². The molecule has 0 aliphatic heterocycles. The molecule has 1 unspecified atom stereocenters. The first-order chi connectivity index (χ1) is 7.70. The monoisotopic (exact) mass is 267 g/mol. The standard InChI is InChI=1S/C10H12F3NO2S/c1-17(15,16)3-2-9(14)10-7(12)4-6(11)5-8(10)13/h4-5,9H,2-3,14H2,1H3. The Balaban J connectivity index is 2.93. The highest BCUT2D eigenvalue weighted by molar-refractivity contribution is 7.90. The highest BCUT2D eigenvalue weighted by Gasteiger charge is 2.19. The number of benzene rings is 1. The summed E-state index contributed by atoms with van der Waals surface area (Å²) in [5.41, 5.74) is 5.00. The van der Waals surface area contributed by atoms with E-state index in [1.54, 1.807) is 0 Å². The lowest BCUT2D eigenvalue weighted by atomic mass is 10.0. The van der Waals surface area contributed by atoms with E-state index in [0.717, 1.165) is 6.26 Å². The normalized spacial score (nSPS) is 13.7. The third kappa shape index (κ3) is 4.01. The van der Waals surface area contributed by atoms with Crippen LogP contribution in [0.5, 0.6) is 0 Å². The van der Waals surface area contributed by atoms with E-state index in [2.05, 4.69) is 0 Å². The van der Waals surface area contributed by atoms with E-state index in [0.29, 0.717) is 12.1 Å². The molecule has 1 atom stereocenters. The highest BCUT2D eigenvalue weighted by Crippen LogP contribution is 2.22. The Hall–Kier alpha value is -1.08. The van der Waals surface area contributed by atoms with Gasteiger partial charge in [-0.25, -0.2) is 21.6 Å². The van der Waals surface area contributed by atoms with E-state index in [9.17, 15) is 21.6 Å². The Bertz CT molecular complexity index is 493. The van der Waals surface area contributed by atoms with E-state index < -0.39 is 38.9 Å². The molecule has 17 heavy (non-hydrogen) atoms. The van der Waals surface area contributed by atoms with Gasteiger partial charge in [0.15, 0.2) is 0 Å². The molecule has 1 aromatic carbocycles. The molecule has 1 rings (SSSR count). The number of halogens is 3. The van der Waals surface area contributed by atoms with Crippen molar-refractivity contribution in [2.45, 2.75) is 12.5 Å². The maximum atomic E-state index is 13.3. The second-order valence-electron chi connectivity index (χ2n) is 3.81. The topological polar surface area (TPSA) is 60.2 Å². The molecule has 0 aromatic heterocycles. The van der Waals surface area contributed by atoms with Gasteiger partial charge in [-0.1, -0.05) is 0 Å². The first-order valence-electron chi connectivity index (χ1n) is 4.78. The minimum atomic E-state index is -3.26. The molecule has 0 spiro atoms. The van der Waals surface area contributed by atoms with Crippen molar-refractivity contribution < 1.29 is 21.6 Å². The van der Waals surface area contributed by atoms with E-state index >= 15 is 0 Å². The lowest BCUT2D eigenvalue weighted by Gasteiger charge is -2.13. The summed E-state index contributed by atoms with van der Waals surface area (Å²) in [5, 5.41) is 0. The smallest absolute Gasteiger partial charge is 0.147 e. The number of sulfone groups is 1. The summed E-state index contributed by atoms with van der Waals surface area (Å²) in [7, 11) is -3.26. The van der Waals surface area contributed by atoms with Gasteiger partial charge in [-0.2, -0.15) is 0 Å². The second kappa shape index (κ2) is 5.05. The van der Waals surface area contributed by atoms with Crippen LogP contribution in [0.15, 0.2) is 12.1 Å². The molecule has 0 aliphatic carbocycles. The second-order valence-corrected chi connectivity index (χ2v) is 6.07. The molecule has 0 bridgehead atoms. The van der Waals surface area contributed by atoms with Crippen molar-refractivity contribution in [1.29, 1.82) is 0 Å². The lowest BCUT2D eigenvalue weighted by molar-refractivity contribution is 0.497. The molecule has 1 aromatic rings. The molecule has 0 fully saturated rings. The van der Waals surface area contributed by atoms with Crippen LogP contribution in [-0.4, -0.2) is 20.4 Å². The van der Waals surface area contributed by atoms with Crippen molar-refractivity contribution in [3.8, 4) is 0 Å². The number of rotatable bonds is 4. The molecule has 3 nitrogen and oxygen atoms in total. The highest BCUT2D eigenvalue weighted by atomic mass is 32.2. The van der Waals surface area contributed by atoms with Gasteiger partial charge in [-0.3, -0.25) is 0 Å². The fourth-order valence-corrected chi connectivity index (χ4v) is 2.08.